The summed E-state index contributed by atoms with van der Waals surface area (Å²) >= 11 is 0. The van der Waals surface area contributed by atoms with Gasteiger partial charge in [-0.3, -0.25) is 5.10 Å². The molecule has 17 heavy (non-hydrogen) atoms. The lowest BCUT2D eigenvalue weighted by Crippen LogP contribution is -2.30. The van der Waals surface area contributed by atoms with Gasteiger partial charge < -0.3 is 0 Å². The predicted octanol–water partition coefficient (Wildman–Crippen LogP) is 1.58. The largest absolute Gasteiger partial charge is 0.281 e. The summed E-state index contributed by atoms with van der Waals surface area (Å²) in [5, 5.41) is 6.38. The predicted molar refractivity (Wildman–Crippen MR) is 65.1 cm³/mol. The van der Waals surface area contributed by atoms with Crippen molar-refractivity contribution in [2.45, 2.75) is 43.9 Å². The van der Waals surface area contributed by atoms with E-state index in [2.05, 4.69) is 14.9 Å². The van der Waals surface area contributed by atoms with Gasteiger partial charge in [0.1, 0.15) is 4.90 Å². The minimum Gasteiger partial charge on any atom is -0.281 e. The molecule has 1 aromatic heterocycles. The van der Waals surface area contributed by atoms with Crippen LogP contribution in [0.2, 0.25) is 0 Å². The van der Waals surface area contributed by atoms with Gasteiger partial charge in [-0.25, -0.2) is 13.1 Å². The minimum absolute atomic E-state index is 0.258. The van der Waals surface area contributed by atoms with E-state index in [1.165, 1.54) is 25.5 Å². The molecule has 1 aliphatic carbocycles. The summed E-state index contributed by atoms with van der Waals surface area (Å²) in [7, 11) is -3.39. The summed E-state index contributed by atoms with van der Waals surface area (Å²) in [5.41, 5.74) is 0.584. The van der Waals surface area contributed by atoms with E-state index in [1.807, 2.05) is 0 Å². The maximum absolute atomic E-state index is 12.0. The Labute approximate surface area is 102 Å². The number of H-pyrrole nitrogens is 1. The molecule has 0 bridgehead atoms. The third-order valence-electron chi connectivity index (χ3n) is 3.36. The van der Waals surface area contributed by atoms with Crippen LogP contribution in [0.1, 0.15) is 37.8 Å². The number of hydrogen-bond acceptors (Lipinski definition) is 3. The van der Waals surface area contributed by atoms with Crippen LogP contribution in [0.5, 0.6) is 0 Å². The van der Waals surface area contributed by atoms with Gasteiger partial charge in [0, 0.05) is 6.54 Å². The van der Waals surface area contributed by atoms with Crippen LogP contribution < -0.4 is 4.72 Å². The van der Waals surface area contributed by atoms with Gasteiger partial charge in [-0.05, 0) is 25.7 Å². The highest BCUT2D eigenvalue weighted by Gasteiger charge is 2.21. The van der Waals surface area contributed by atoms with Gasteiger partial charge in [-0.1, -0.05) is 19.3 Å². The van der Waals surface area contributed by atoms with Crippen molar-refractivity contribution in [1.29, 1.82) is 0 Å². The molecule has 0 aliphatic heterocycles. The van der Waals surface area contributed by atoms with Crippen LogP contribution in [-0.4, -0.2) is 25.2 Å². The molecule has 0 atom stereocenters. The Kier molecular flexibility index (Phi) is 3.83. The van der Waals surface area contributed by atoms with E-state index in [0.717, 1.165) is 12.8 Å². The van der Waals surface area contributed by atoms with E-state index in [4.69, 9.17) is 0 Å². The topological polar surface area (TPSA) is 74.8 Å². The first-order chi connectivity index (χ1) is 8.09. The fourth-order valence-corrected chi connectivity index (χ4v) is 3.56. The quantitative estimate of drug-likeness (QED) is 0.860. The summed E-state index contributed by atoms with van der Waals surface area (Å²) in [6, 6.07) is 0. The van der Waals surface area contributed by atoms with E-state index in [1.54, 1.807) is 6.92 Å². The molecule has 2 rings (SSSR count). The molecule has 1 heterocycles. The van der Waals surface area contributed by atoms with Gasteiger partial charge in [0.15, 0.2) is 0 Å². The lowest BCUT2D eigenvalue weighted by Gasteiger charge is -2.21. The van der Waals surface area contributed by atoms with Crippen LogP contribution in [0, 0.1) is 12.8 Å². The number of nitrogens with zero attached hydrogens (tertiary/aromatic N) is 1. The van der Waals surface area contributed by atoms with Gasteiger partial charge in [0.2, 0.25) is 10.0 Å². The summed E-state index contributed by atoms with van der Waals surface area (Å²) in [5.74, 6) is 0.491. The lowest BCUT2D eigenvalue weighted by atomic mass is 9.90. The van der Waals surface area contributed by atoms with E-state index < -0.39 is 10.0 Å². The Bertz CT molecular complexity index is 461. The van der Waals surface area contributed by atoms with Crippen LogP contribution in [0.15, 0.2) is 11.1 Å². The van der Waals surface area contributed by atoms with Gasteiger partial charge >= 0.3 is 0 Å². The van der Waals surface area contributed by atoms with Crippen LogP contribution in [0.3, 0.4) is 0 Å². The van der Waals surface area contributed by atoms with Crippen LogP contribution in [-0.2, 0) is 10.0 Å². The number of aryl methyl sites for hydroxylation is 1. The molecule has 2 N–H and O–H groups in total. The van der Waals surface area contributed by atoms with E-state index in [-0.39, 0.29) is 4.90 Å². The fourth-order valence-electron chi connectivity index (χ4n) is 2.31. The summed E-state index contributed by atoms with van der Waals surface area (Å²) in [6.45, 7) is 2.26. The molecule has 1 aliphatic rings. The zero-order valence-corrected chi connectivity index (χ0v) is 10.9. The second-order valence-electron chi connectivity index (χ2n) is 4.72. The summed E-state index contributed by atoms with van der Waals surface area (Å²) in [6.07, 6.45) is 7.34. The molecular formula is C11H19N3O2S. The maximum Gasteiger partial charge on any atom is 0.243 e. The van der Waals surface area contributed by atoms with E-state index >= 15 is 0 Å². The number of hydrogen-bond donors (Lipinski definition) is 2. The van der Waals surface area contributed by atoms with Crippen molar-refractivity contribution < 1.29 is 8.42 Å². The molecule has 0 saturated heterocycles. The molecule has 0 radical (unpaired) electrons. The Balaban J connectivity index is 1.96. The number of rotatable bonds is 4. The van der Waals surface area contributed by atoms with Crippen molar-refractivity contribution in [1.82, 2.24) is 14.9 Å². The molecule has 96 valence electrons. The first-order valence-corrected chi connectivity index (χ1v) is 7.57. The molecule has 1 fully saturated rings. The highest BCUT2D eigenvalue weighted by atomic mass is 32.2. The molecular weight excluding hydrogens is 238 g/mol. The highest BCUT2D eigenvalue weighted by Crippen LogP contribution is 2.23. The number of sulfonamides is 1. The maximum atomic E-state index is 12.0. The van der Waals surface area contributed by atoms with Gasteiger partial charge in [0.25, 0.3) is 0 Å². The second-order valence-corrected chi connectivity index (χ2v) is 6.45. The molecule has 1 aromatic rings. The van der Waals surface area contributed by atoms with Crippen molar-refractivity contribution in [3.8, 4) is 0 Å². The zero-order valence-electron chi connectivity index (χ0n) is 10.1. The fraction of sp³-hybridized carbons (Fsp3) is 0.727. The van der Waals surface area contributed by atoms with Crippen molar-refractivity contribution >= 4 is 10.0 Å². The Morgan fingerprint density at radius 3 is 2.71 bits per heavy atom. The third-order valence-corrected chi connectivity index (χ3v) is 4.90. The average Bonchev–Trinajstić information content (AvgIpc) is 2.75. The third kappa shape index (κ3) is 3.07. The summed E-state index contributed by atoms with van der Waals surface area (Å²) < 4.78 is 26.7. The van der Waals surface area contributed by atoms with Crippen molar-refractivity contribution in [3.05, 3.63) is 11.9 Å². The van der Waals surface area contributed by atoms with Crippen LogP contribution in [0.4, 0.5) is 0 Å². The molecule has 0 aromatic carbocycles. The normalized spacial score (nSPS) is 18.4. The zero-order chi connectivity index (χ0) is 12.3. The number of nitrogens with one attached hydrogen (secondary N) is 2. The molecule has 1 saturated carbocycles. The SMILES string of the molecule is Cc1[nH]ncc1S(=O)(=O)NCC1CCCCC1. The average molecular weight is 257 g/mol. The number of aromatic nitrogens is 2. The van der Waals surface area contributed by atoms with Crippen LogP contribution >= 0.6 is 0 Å². The highest BCUT2D eigenvalue weighted by molar-refractivity contribution is 7.89. The monoisotopic (exact) mass is 257 g/mol. The Hall–Kier alpha value is -0.880. The summed E-state index contributed by atoms with van der Waals surface area (Å²) in [4.78, 5) is 0.258. The van der Waals surface area contributed by atoms with Gasteiger partial charge in [-0.15, -0.1) is 0 Å². The second kappa shape index (κ2) is 5.18. The van der Waals surface area contributed by atoms with E-state index in [9.17, 15) is 8.42 Å². The molecule has 0 spiro atoms. The van der Waals surface area contributed by atoms with Crippen molar-refractivity contribution in [2.24, 2.45) is 5.92 Å². The first-order valence-electron chi connectivity index (χ1n) is 6.09. The van der Waals surface area contributed by atoms with Gasteiger partial charge in [0.05, 0.1) is 11.9 Å². The Morgan fingerprint density at radius 1 is 1.41 bits per heavy atom. The van der Waals surface area contributed by atoms with Crippen LogP contribution in [0.25, 0.3) is 0 Å². The van der Waals surface area contributed by atoms with Crippen molar-refractivity contribution in [2.75, 3.05) is 6.54 Å². The molecule has 5 nitrogen and oxygen atoms in total. The van der Waals surface area contributed by atoms with Crippen molar-refractivity contribution in [3.63, 3.8) is 0 Å². The Morgan fingerprint density at radius 2 is 2.12 bits per heavy atom. The standard InChI is InChI=1S/C11H19N3O2S/c1-9-11(8-12-14-9)17(15,16)13-7-10-5-3-2-4-6-10/h8,10,13H,2-7H2,1H3,(H,12,14). The first kappa shape index (κ1) is 12.6. The molecule has 0 unspecified atom stereocenters. The molecule has 0 amide bonds. The lowest BCUT2D eigenvalue weighted by molar-refractivity contribution is 0.357. The van der Waals surface area contributed by atoms with E-state index in [0.29, 0.717) is 18.2 Å². The molecule has 6 heteroatoms. The minimum atomic E-state index is -3.39. The van der Waals surface area contributed by atoms with Gasteiger partial charge in [-0.2, -0.15) is 5.10 Å². The number of aromatic amines is 1. The smallest absolute Gasteiger partial charge is 0.243 e.